The number of carbonyl (C=O) groups is 6. The zero-order valence-corrected chi connectivity index (χ0v) is 15.3. The van der Waals surface area contributed by atoms with Crippen molar-refractivity contribution in [2.75, 3.05) is 12.4 Å². The Labute approximate surface area is 155 Å². The van der Waals surface area contributed by atoms with Gasteiger partial charge in [0.1, 0.15) is 0 Å². The maximum Gasteiger partial charge on any atom is 0.375 e. The number of nitrogens with one attached hydrogen (secondary N) is 1. The molecule has 0 aliphatic heterocycles. The molecule has 0 radical (unpaired) electrons. The van der Waals surface area contributed by atoms with Gasteiger partial charge in [0, 0.05) is 11.3 Å². The van der Waals surface area contributed by atoms with Crippen LogP contribution in [0.15, 0.2) is 35.9 Å². The van der Waals surface area contributed by atoms with Crippen LogP contribution in [0.4, 0.5) is 5.69 Å². The maximum absolute atomic E-state index is 12.4. The van der Waals surface area contributed by atoms with Gasteiger partial charge in [-0.25, -0.2) is 4.79 Å². The smallest absolute Gasteiger partial charge is 0.375 e. The van der Waals surface area contributed by atoms with Crippen molar-refractivity contribution in [1.82, 2.24) is 0 Å². The highest BCUT2D eigenvalue weighted by atomic mass is 16.5. The second-order valence-electron chi connectivity index (χ2n) is 5.87. The monoisotopic (exact) mass is 373 g/mol. The van der Waals surface area contributed by atoms with Gasteiger partial charge in [0.2, 0.25) is 5.78 Å². The van der Waals surface area contributed by atoms with E-state index in [1.165, 1.54) is 31.2 Å². The molecule has 8 nitrogen and oxygen atoms in total. The lowest BCUT2D eigenvalue weighted by Crippen LogP contribution is -2.41. The lowest BCUT2D eigenvalue weighted by molar-refractivity contribution is -0.157. The first-order valence-electron chi connectivity index (χ1n) is 7.85. The molecule has 0 spiro atoms. The largest absolute Gasteiger partial charge is 0.463 e. The molecular weight excluding hydrogens is 354 g/mol. The molecule has 0 aliphatic carbocycles. The number of carbonyl (C=O) groups excluding carboxylic acids is 6. The SMILES string of the molecule is COC(=O)C(=O)[C@H](C(=O)C=C(C)C)C(=O)C(=O)Nc1cccc(C(C)=O)c1. The van der Waals surface area contributed by atoms with Crippen LogP contribution in [0.5, 0.6) is 0 Å². The van der Waals surface area contributed by atoms with Gasteiger partial charge in [-0.15, -0.1) is 0 Å². The number of Topliss-reactive ketones (excluding diaryl/α,β-unsaturated/α-hetero) is 3. The molecule has 1 N–H and O–H groups in total. The molecule has 0 unspecified atom stereocenters. The molecule has 1 amide bonds. The molecule has 0 aromatic heterocycles. The van der Waals surface area contributed by atoms with Gasteiger partial charge in [0.05, 0.1) is 7.11 Å². The Balaban J connectivity index is 3.15. The Morgan fingerprint density at radius 3 is 2.15 bits per heavy atom. The van der Waals surface area contributed by atoms with Crippen LogP contribution >= 0.6 is 0 Å². The minimum atomic E-state index is -2.14. The molecule has 27 heavy (non-hydrogen) atoms. The summed E-state index contributed by atoms with van der Waals surface area (Å²) in [5.41, 5.74) is 0.896. The van der Waals surface area contributed by atoms with E-state index in [1.807, 2.05) is 0 Å². The van der Waals surface area contributed by atoms with Crippen molar-refractivity contribution in [3.63, 3.8) is 0 Å². The van der Waals surface area contributed by atoms with Crippen molar-refractivity contribution in [1.29, 1.82) is 0 Å². The molecule has 0 saturated heterocycles. The molecular formula is C19H19NO7. The zero-order chi connectivity index (χ0) is 20.7. The summed E-state index contributed by atoms with van der Waals surface area (Å²) in [7, 11) is 0.917. The van der Waals surface area contributed by atoms with Crippen LogP contribution in [0.3, 0.4) is 0 Å². The Morgan fingerprint density at radius 1 is 1.00 bits per heavy atom. The van der Waals surface area contributed by atoms with Crippen LogP contribution < -0.4 is 5.32 Å². The number of amides is 1. The molecule has 1 aromatic carbocycles. The zero-order valence-electron chi connectivity index (χ0n) is 15.3. The third-order valence-corrected chi connectivity index (χ3v) is 3.38. The molecule has 0 heterocycles. The summed E-state index contributed by atoms with van der Waals surface area (Å²) in [6, 6.07) is 5.76. The Morgan fingerprint density at radius 2 is 1.63 bits per heavy atom. The van der Waals surface area contributed by atoms with Gasteiger partial charge in [-0.05, 0) is 39.0 Å². The van der Waals surface area contributed by atoms with Gasteiger partial charge >= 0.3 is 5.97 Å². The van der Waals surface area contributed by atoms with Crippen LogP contribution in [0.25, 0.3) is 0 Å². The quantitative estimate of drug-likeness (QED) is 0.239. The average molecular weight is 373 g/mol. The van der Waals surface area contributed by atoms with Crippen molar-refractivity contribution >= 4 is 40.7 Å². The lowest BCUT2D eigenvalue weighted by Gasteiger charge is -2.11. The number of ether oxygens (including phenoxy) is 1. The fourth-order valence-corrected chi connectivity index (χ4v) is 2.10. The van der Waals surface area contributed by atoms with E-state index in [4.69, 9.17) is 0 Å². The van der Waals surface area contributed by atoms with E-state index < -0.39 is 35.1 Å². The second kappa shape index (κ2) is 9.33. The van der Waals surface area contributed by atoms with Crippen molar-refractivity contribution in [3.8, 4) is 0 Å². The van der Waals surface area contributed by atoms with Crippen LogP contribution in [0, 0.1) is 5.92 Å². The highest BCUT2D eigenvalue weighted by molar-refractivity contribution is 6.55. The van der Waals surface area contributed by atoms with Crippen molar-refractivity contribution < 1.29 is 33.5 Å². The number of hydrogen-bond acceptors (Lipinski definition) is 7. The van der Waals surface area contributed by atoms with Gasteiger partial charge in [-0.2, -0.15) is 0 Å². The summed E-state index contributed by atoms with van der Waals surface area (Å²) < 4.78 is 4.26. The minimum Gasteiger partial charge on any atom is -0.463 e. The molecule has 142 valence electrons. The number of ketones is 4. The van der Waals surface area contributed by atoms with Crippen LogP contribution in [-0.2, 0) is 28.7 Å². The third kappa shape index (κ3) is 5.81. The van der Waals surface area contributed by atoms with Gasteiger partial charge in [-0.3, -0.25) is 24.0 Å². The number of anilines is 1. The Hall–Kier alpha value is -3.42. The first kappa shape index (κ1) is 21.6. The maximum atomic E-state index is 12.4. The van der Waals surface area contributed by atoms with E-state index in [0.29, 0.717) is 11.1 Å². The second-order valence-corrected chi connectivity index (χ2v) is 5.87. The minimum absolute atomic E-state index is 0.125. The molecule has 1 aromatic rings. The Kier molecular flexibility index (Phi) is 7.47. The van der Waals surface area contributed by atoms with Crippen molar-refractivity contribution in [2.45, 2.75) is 20.8 Å². The number of rotatable bonds is 8. The fraction of sp³-hybridized carbons (Fsp3) is 0.263. The lowest BCUT2D eigenvalue weighted by atomic mass is 9.92. The number of hydrogen-bond donors (Lipinski definition) is 1. The normalized spacial score (nSPS) is 11.0. The third-order valence-electron chi connectivity index (χ3n) is 3.38. The highest BCUT2D eigenvalue weighted by Gasteiger charge is 2.40. The Bertz CT molecular complexity index is 847. The predicted octanol–water partition coefficient (Wildman–Crippen LogP) is 1.29. The van der Waals surface area contributed by atoms with E-state index in [2.05, 4.69) is 10.1 Å². The summed E-state index contributed by atoms with van der Waals surface area (Å²) in [5, 5.41) is 2.22. The molecule has 8 heteroatoms. The summed E-state index contributed by atoms with van der Waals surface area (Å²) in [5.74, 6) is -8.90. The molecule has 0 aliphatic rings. The van der Waals surface area contributed by atoms with Crippen LogP contribution in [0.2, 0.25) is 0 Å². The van der Waals surface area contributed by atoms with Gasteiger partial charge in [0.25, 0.3) is 11.7 Å². The summed E-state index contributed by atoms with van der Waals surface area (Å²) in [6.07, 6.45) is 0.993. The van der Waals surface area contributed by atoms with Gasteiger partial charge < -0.3 is 10.1 Å². The molecule has 1 atom stereocenters. The van der Waals surface area contributed by atoms with E-state index in [1.54, 1.807) is 13.8 Å². The number of benzene rings is 1. The number of esters is 1. The van der Waals surface area contributed by atoms with Crippen molar-refractivity contribution in [2.24, 2.45) is 5.92 Å². The summed E-state index contributed by atoms with van der Waals surface area (Å²) >= 11 is 0. The van der Waals surface area contributed by atoms with Crippen molar-refractivity contribution in [3.05, 3.63) is 41.5 Å². The van der Waals surface area contributed by atoms with E-state index >= 15 is 0 Å². The fourth-order valence-electron chi connectivity index (χ4n) is 2.10. The highest BCUT2D eigenvalue weighted by Crippen LogP contribution is 2.13. The van der Waals surface area contributed by atoms with E-state index in [0.717, 1.165) is 13.2 Å². The standard InChI is InChI=1S/C19H19NO7/c1-10(2)8-14(22)15(17(24)19(26)27-4)16(23)18(25)20-13-7-5-6-12(9-13)11(3)21/h5-9,15H,1-4H3,(H,20,25)/t15-/m1/s1. The first-order chi connectivity index (χ1) is 12.6. The van der Waals surface area contributed by atoms with E-state index in [-0.39, 0.29) is 11.5 Å². The van der Waals surface area contributed by atoms with Gasteiger partial charge in [0.15, 0.2) is 17.5 Å². The van der Waals surface area contributed by atoms with Gasteiger partial charge in [-0.1, -0.05) is 17.7 Å². The summed E-state index contributed by atoms with van der Waals surface area (Å²) in [4.78, 5) is 71.8. The van der Waals surface area contributed by atoms with E-state index in [9.17, 15) is 28.8 Å². The topological polar surface area (TPSA) is 124 Å². The number of methoxy groups -OCH3 is 1. The predicted molar refractivity (Wildman–Crippen MR) is 95.0 cm³/mol. The summed E-state index contributed by atoms with van der Waals surface area (Å²) in [6.45, 7) is 4.43. The van der Waals surface area contributed by atoms with Crippen LogP contribution in [-0.4, -0.2) is 42.1 Å². The average Bonchev–Trinajstić information content (AvgIpc) is 2.60. The molecule has 0 fully saturated rings. The molecule has 0 bridgehead atoms. The van der Waals surface area contributed by atoms with Crippen LogP contribution in [0.1, 0.15) is 31.1 Å². The molecule has 0 saturated carbocycles. The first-order valence-corrected chi connectivity index (χ1v) is 7.85. The molecule has 1 rings (SSSR count). The number of allylic oxidation sites excluding steroid dienone is 2.